The molecule has 0 radical (unpaired) electrons. The Morgan fingerprint density at radius 1 is 1.38 bits per heavy atom. The quantitative estimate of drug-likeness (QED) is 0.927. The molecule has 2 fully saturated rings. The van der Waals surface area contributed by atoms with Crippen molar-refractivity contribution in [2.45, 2.75) is 44.9 Å². The Morgan fingerprint density at radius 3 is 2.95 bits per heavy atom. The SMILES string of the molecule is COc1c(C(N)C2CN3CCCC3CO2)ccc(C)c1C. The van der Waals surface area contributed by atoms with E-state index in [1.165, 1.54) is 30.5 Å². The maximum Gasteiger partial charge on any atom is 0.126 e. The summed E-state index contributed by atoms with van der Waals surface area (Å²) in [4.78, 5) is 2.53. The monoisotopic (exact) mass is 290 g/mol. The van der Waals surface area contributed by atoms with Crippen LogP contribution in [0.3, 0.4) is 0 Å². The second kappa shape index (κ2) is 5.95. The summed E-state index contributed by atoms with van der Waals surface area (Å²) in [5.41, 5.74) is 9.97. The zero-order valence-electron chi connectivity index (χ0n) is 13.3. The summed E-state index contributed by atoms with van der Waals surface area (Å²) in [6.07, 6.45) is 2.59. The van der Waals surface area contributed by atoms with Crippen LogP contribution in [0.2, 0.25) is 0 Å². The fraction of sp³-hybridized carbons (Fsp3) is 0.647. The summed E-state index contributed by atoms with van der Waals surface area (Å²) in [6.45, 7) is 7.11. The van der Waals surface area contributed by atoms with E-state index in [-0.39, 0.29) is 12.1 Å². The van der Waals surface area contributed by atoms with Gasteiger partial charge in [-0.2, -0.15) is 0 Å². The van der Waals surface area contributed by atoms with E-state index in [4.69, 9.17) is 15.2 Å². The van der Waals surface area contributed by atoms with Crippen molar-refractivity contribution in [3.8, 4) is 5.75 Å². The molecule has 1 aromatic rings. The van der Waals surface area contributed by atoms with Gasteiger partial charge >= 0.3 is 0 Å². The minimum atomic E-state index is -0.138. The fourth-order valence-electron chi connectivity index (χ4n) is 3.60. The Balaban J connectivity index is 1.82. The van der Waals surface area contributed by atoms with E-state index in [2.05, 4.69) is 30.9 Å². The van der Waals surface area contributed by atoms with E-state index in [9.17, 15) is 0 Å². The minimum absolute atomic E-state index is 0.0513. The standard InChI is InChI=1S/C17H26N2O2/c1-11-6-7-14(17(20-3)12(11)2)16(18)15-9-19-8-4-5-13(19)10-21-15/h6-7,13,15-16H,4-5,8-10,18H2,1-3H3. The van der Waals surface area contributed by atoms with Crippen LogP contribution in [0.25, 0.3) is 0 Å². The molecule has 2 heterocycles. The first-order valence-corrected chi connectivity index (χ1v) is 7.87. The molecule has 3 atom stereocenters. The van der Waals surface area contributed by atoms with Crippen LogP contribution in [0.1, 0.15) is 35.6 Å². The summed E-state index contributed by atoms with van der Waals surface area (Å²) in [5.74, 6) is 0.912. The highest BCUT2D eigenvalue weighted by Crippen LogP contribution is 2.34. The van der Waals surface area contributed by atoms with Crippen molar-refractivity contribution in [1.29, 1.82) is 0 Å². The van der Waals surface area contributed by atoms with Crippen molar-refractivity contribution in [3.63, 3.8) is 0 Å². The maximum atomic E-state index is 6.52. The van der Waals surface area contributed by atoms with Crippen LogP contribution >= 0.6 is 0 Å². The normalized spacial score (nSPS) is 27.4. The van der Waals surface area contributed by atoms with Gasteiger partial charge in [0.1, 0.15) is 5.75 Å². The van der Waals surface area contributed by atoms with Gasteiger partial charge in [0.05, 0.1) is 25.9 Å². The molecule has 0 spiro atoms. The summed E-state index contributed by atoms with van der Waals surface area (Å²) < 4.78 is 11.7. The number of morpholine rings is 1. The number of benzene rings is 1. The molecule has 3 unspecified atom stereocenters. The van der Waals surface area contributed by atoms with Crippen LogP contribution in [0, 0.1) is 13.8 Å². The molecule has 0 amide bonds. The molecule has 21 heavy (non-hydrogen) atoms. The fourth-order valence-corrected chi connectivity index (χ4v) is 3.60. The highest BCUT2D eigenvalue weighted by molar-refractivity contribution is 5.47. The average molecular weight is 290 g/mol. The Labute approximate surface area is 127 Å². The maximum absolute atomic E-state index is 6.52. The lowest BCUT2D eigenvalue weighted by molar-refractivity contribution is -0.0599. The highest BCUT2D eigenvalue weighted by atomic mass is 16.5. The lowest BCUT2D eigenvalue weighted by Gasteiger charge is -2.38. The van der Waals surface area contributed by atoms with Crippen molar-refractivity contribution >= 4 is 0 Å². The van der Waals surface area contributed by atoms with Gasteiger partial charge in [-0.1, -0.05) is 12.1 Å². The number of rotatable bonds is 3. The van der Waals surface area contributed by atoms with Crippen molar-refractivity contribution < 1.29 is 9.47 Å². The molecule has 0 bridgehead atoms. The van der Waals surface area contributed by atoms with Crippen LogP contribution in [0.15, 0.2) is 12.1 Å². The molecule has 4 heteroatoms. The van der Waals surface area contributed by atoms with E-state index in [1.807, 2.05) is 0 Å². The van der Waals surface area contributed by atoms with E-state index in [0.717, 1.165) is 24.5 Å². The smallest absolute Gasteiger partial charge is 0.126 e. The third-order valence-corrected chi connectivity index (χ3v) is 5.09. The Kier molecular flexibility index (Phi) is 4.20. The van der Waals surface area contributed by atoms with Gasteiger partial charge in [0, 0.05) is 18.2 Å². The van der Waals surface area contributed by atoms with Crippen LogP contribution < -0.4 is 10.5 Å². The average Bonchev–Trinajstić information content (AvgIpc) is 2.96. The summed E-state index contributed by atoms with van der Waals surface area (Å²) in [6, 6.07) is 4.68. The zero-order chi connectivity index (χ0) is 15.0. The molecular weight excluding hydrogens is 264 g/mol. The first kappa shape index (κ1) is 14.8. The molecule has 0 aliphatic carbocycles. The van der Waals surface area contributed by atoms with Crippen molar-refractivity contribution in [2.75, 3.05) is 26.8 Å². The molecule has 2 aliphatic rings. The number of nitrogens with zero attached hydrogens (tertiary/aromatic N) is 1. The van der Waals surface area contributed by atoms with Crippen LogP contribution in [-0.2, 0) is 4.74 Å². The number of methoxy groups -OCH3 is 1. The minimum Gasteiger partial charge on any atom is -0.496 e. The topological polar surface area (TPSA) is 47.7 Å². The van der Waals surface area contributed by atoms with Gasteiger partial charge < -0.3 is 15.2 Å². The van der Waals surface area contributed by atoms with Crippen molar-refractivity contribution in [1.82, 2.24) is 4.90 Å². The van der Waals surface area contributed by atoms with Gasteiger partial charge in [0.2, 0.25) is 0 Å². The van der Waals surface area contributed by atoms with Crippen molar-refractivity contribution in [3.05, 3.63) is 28.8 Å². The third kappa shape index (κ3) is 2.68. The third-order valence-electron chi connectivity index (χ3n) is 5.09. The summed E-state index contributed by atoms with van der Waals surface area (Å²) in [5, 5.41) is 0. The number of nitrogens with two attached hydrogens (primary N) is 1. The number of hydrogen-bond acceptors (Lipinski definition) is 4. The first-order chi connectivity index (χ1) is 10.1. The molecule has 1 aromatic carbocycles. The lowest BCUT2D eigenvalue weighted by atomic mass is 9.95. The molecule has 2 N–H and O–H groups in total. The lowest BCUT2D eigenvalue weighted by Crippen LogP contribution is -2.49. The molecule has 4 nitrogen and oxygen atoms in total. The predicted molar refractivity (Wildman–Crippen MR) is 83.7 cm³/mol. The van der Waals surface area contributed by atoms with Gasteiger partial charge in [-0.25, -0.2) is 0 Å². The highest BCUT2D eigenvalue weighted by Gasteiger charge is 2.36. The predicted octanol–water partition coefficient (Wildman–Crippen LogP) is 2.18. The number of fused-ring (bicyclic) bond motifs is 1. The molecule has 3 rings (SSSR count). The van der Waals surface area contributed by atoms with Gasteiger partial charge in [-0.3, -0.25) is 4.90 Å². The van der Waals surface area contributed by atoms with Gasteiger partial charge in [-0.15, -0.1) is 0 Å². The van der Waals surface area contributed by atoms with Crippen molar-refractivity contribution in [2.24, 2.45) is 5.73 Å². The largest absolute Gasteiger partial charge is 0.496 e. The van der Waals surface area contributed by atoms with E-state index < -0.39 is 0 Å². The molecule has 116 valence electrons. The zero-order valence-corrected chi connectivity index (χ0v) is 13.3. The van der Waals surface area contributed by atoms with E-state index >= 15 is 0 Å². The molecule has 0 aromatic heterocycles. The Bertz CT molecular complexity index is 518. The van der Waals surface area contributed by atoms with Crippen LogP contribution in [0.5, 0.6) is 5.75 Å². The second-order valence-electron chi connectivity index (χ2n) is 6.32. The second-order valence-corrected chi connectivity index (χ2v) is 6.32. The summed E-state index contributed by atoms with van der Waals surface area (Å²) in [7, 11) is 1.72. The Hall–Kier alpha value is -1.10. The molecular formula is C17H26N2O2. The van der Waals surface area contributed by atoms with Gasteiger partial charge in [0.25, 0.3) is 0 Å². The Morgan fingerprint density at radius 2 is 2.19 bits per heavy atom. The van der Waals surface area contributed by atoms with E-state index in [1.54, 1.807) is 7.11 Å². The molecule has 0 saturated carbocycles. The molecule has 2 saturated heterocycles. The van der Waals surface area contributed by atoms with Gasteiger partial charge in [-0.05, 0) is 44.4 Å². The number of ether oxygens (including phenoxy) is 2. The van der Waals surface area contributed by atoms with E-state index in [0.29, 0.717) is 6.04 Å². The first-order valence-electron chi connectivity index (χ1n) is 7.87. The van der Waals surface area contributed by atoms with Crippen LogP contribution in [-0.4, -0.2) is 43.9 Å². The van der Waals surface area contributed by atoms with Crippen LogP contribution in [0.4, 0.5) is 0 Å². The summed E-state index contributed by atoms with van der Waals surface area (Å²) >= 11 is 0. The number of hydrogen-bond donors (Lipinski definition) is 1. The van der Waals surface area contributed by atoms with Gasteiger partial charge in [0.15, 0.2) is 0 Å². The molecule has 2 aliphatic heterocycles. The number of aryl methyl sites for hydroxylation is 1.